The first kappa shape index (κ1) is 17.7. The summed E-state index contributed by atoms with van der Waals surface area (Å²) >= 11 is 0. The van der Waals surface area contributed by atoms with Gasteiger partial charge in [0.1, 0.15) is 0 Å². The van der Waals surface area contributed by atoms with Crippen LogP contribution in [0, 0.1) is 0 Å². The zero-order valence-electron chi connectivity index (χ0n) is 13.7. The highest BCUT2D eigenvalue weighted by Crippen LogP contribution is 2.32. The van der Waals surface area contributed by atoms with Crippen LogP contribution in [0.15, 0.2) is 72.3 Å². The first-order chi connectivity index (χ1) is 12.0. The number of alkyl halides is 3. The number of benzene rings is 2. The topological polar surface area (TPSA) is 12.5 Å². The fraction of sp³-hybridized carbons (Fsp3) is 0.300. The van der Waals surface area contributed by atoms with Crippen LogP contribution in [0.25, 0.3) is 0 Å². The van der Waals surface area contributed by atoms with Crippen LogP contribution in [-0.4, -0.2) is 30.3 Å². The number of nitrogens with zero attached hydrogens (tertiary/aromatic N) is 1. The zero-order valence-corrected chi connectivity index (χ0v) is 13.7. The van der Waals surface area contributed by atoms with Crippen molar-refractivity contribution in [3.63, 3.8) is 0 Å². The Morgan fingerprint density at radius 1 is 0.920 bits per heavy atom. The van der Waals surface area contributed by atoms with Gasteiger partial charge in [0, 0.05) is 18.7 Å². The summed E-state index contributed by atoms with van der Waals surface area (Å²) < 4.78 is 45.0. The van der Waals surface area contributed by atoms with E-state index < -0.39 is 11.7 Å². The molecule has 5 heteroatoms. The number of ether oxygens (including phenoxy) is 1. The molecule has 0 saturated heterocycles. The van der Waals surface area contributed by atoms with Crippen LogP contribution in [0.2, 0.25) is 0 Å². The molecule has 0 bridgehead atoms. The molecule has 2 aromatic rings. The van der Waals surface area contributed by atoms with Crippen LogP contribution in [0.3, 0.4) is 0 Å². The van der Waals surface area contributed by atoms with E-state index in [2.05, 4.69) is 0 Å². The smallest absolute Gasteiger partial charge is 0.375 e. The minimum absolute atomic E-state index is 0.0994. The second kappa shape index (κ2) is 7.85. The Kier molecular flexibility index (Phi) is 5.56. The SMILES string of the molecule is FC(F)(F)C1=CC(COCc2ccccc2)N(Cc2ccccc2)C1. The molecule has 2 nitrogen and oxygen atoms in total. The van der Waals surface area contributed by atoms with E-state index in [0.29, 0.717) is 13.2 Å². The molecule has 0 radical (unpaired) electrons. The molecule has 0 N–H and O–H groups in total. The lowest BCUT2D eigenvalue weighted by atomic mass is 10.2. The van der Waals surface area contributed by atoms with Crippen molar-refractivity contribution < 1.29 is 17.9 Å². The number of rotatable bonds is 6. The monoisotopic (exact) mass is 347 g/mol. The van der Waals surface area contributed by atoms with E-state index in [-0.39, 0.29) is 19.2 Å². The predicted octanol–water partition coefficient (Wildman–Crippen LogP) is 4.58. The van der Waals surface area contributed by atoms with Gasteiger partial charge in [0.2, 0.25) is 0 Å². The fourth-order valence-corrected chi connectivity index (χ4v) is 2.93. The minimum atomic E-state index is -4.29. The molecule has 1 atom stereocenters. The second-order valence-corrected chi connectivity index (χ2v) is 6.15. The zero-order chi connectivity index (χ0) is 17.7. The van der Waals surface area contributed by atoms with Gasteiger partial charge in [-0.3, -0.25) is 4.90 Å². The highest BCUT2D eigenvalue weighted by Gasteiger charge is 2.40. The first-order valence-corrected chi connectivity index (χ1v) is 8.20. The molecule has 0 aliphatic carbocycles. The van der Waals surface area contributed by atoms with Gasteiger partial charge in [-0.15, -0.1) is 0 Å². The van der Waals surface area contributed by atoms with Crippen LogP contribution in [0.5, 0.6) is 0 Å². The van der Waals surface area contributed by atoms with Gasteiger partial charge >= 0.3 is 6.18 Å². The van der Waals surface area contributed by atoms with Crippen LogP contribution in [0.4, 0.5) is 13.2 Å². The molecule has 1 heterocycles. The molecule has 0 fully saturated rings. The molecule has 3 rings (SSSR count). The van der Waals surface area contributed by atoms with E-state index in [4.69, 9.17) is 4.74 Å². The van der Waals surface area contributed by atoms with Crippen LogP contribution < -0.4 is 0 Å². The maximum absolute atomic E-state index is 13.1. The largest absolute Gasteiger partial charge is 0.413 e. The maximum atomic E-state index is 13.1. The molecule has 1 unspecified atom stereocenters. The summed E-state index contributed by atoms with van der Waals surface area (Å²) in [4.78, 5) is 1.81. The second-order valence-electron chi connectivity index (χ2n) is 6.15. The molecule has 0 aromatic heterocycles. The van der Waals surface area contributed by atoms with E-state index in [0.717, 1.165) is 11.1 Å². The Labute approximate surface area is 145 Å². The molecule has 0 amide bonds. The van der Waals surface area contributed by atoms with Crippen molar-refractivity contribution in [2.45, 2.75) is 25.4 Å². The van der Waals surface area contributed by atoms with E-state index >= 15 is 0 Å². The summed E-state index contributed by atoms with van der Waals surface area (Å²) in [6.07, 6.45) is -2.99. The highest BCUT2D eigenvalue weighted by atomic mass is 19.4. The van der Waals surface area contributed by atoms with Crippen molar-refractivity contribution >= 4 is 0 Å². The molecule has 132 valence electrons. The summed E-state index contributed by atoms with van der Waals surface area (Å²) in [5.41, 5.74) is 1.51. The molecule has 0 spiro atoms. The maximum Gasteiger partial charge on any atom is 0.413 e. The van der Waals surface area contributed by atoms with Crippen LogP contribution >= 0.6 is 0 Å². The Morgan fingerprint density at radius 3 is 2.12 bits per heavy atom. The van der Waals surface area contributed by atoms with Gasteiger partial charge in [0.05, 0.1) is 19.3 Å². The van der Waals surface area contributed by atoms with Gasteiger partial charge in [0.25, 0.3) is 0 Å². The number of halogens is 3. The quantitative estimate of drug-likeness (QED) is 0.710. The van der Waals surface area contributed by atoms with Crippen molar-refractivity contribution in [3.8, 4) is 0 Å². The van der Waals surface area contributed by atoms with Gasteiger partial charge in [0.15, 0.2) is 0 Å². The fourth-order valence-electron chi connectivity index (χ4n) is 2.93. The third-order valence-electron chi connectivity index (χ3n) is 4.23. The normalized spacial score (nSPS) is 18.4. The Morgan fingerprint density at radius 2 is 1.52 bits per heavy atom. The van der Waals surface area contributed by atoms with Crippen molar-refractivity contribution in [2.75, 3.05) is 13.2 Å². The van der Waals surface area contributed by atoms with Gasteiger partial charge in [-0.05, 0) is 11.1 Å². The average Bonchev–Trinajstić information content (AvgIpc) is 3.00. The predicted molar refractivity (Wildman–Crippen MR) is 90.9 cm³/mol. The summed E-state index contributed by atoms with van der Waals surface area (Å²) in [6.45, 7) is 1.00. The van der Waals surface area contributed by atoms with Crippen molar-refractivity contribution in [2.24, 2.45) is 0 Å². The lowest BCUT2D eigenvalue weighted by molar-refractivity contribution is -0.0937. The molecule has 1 aliphatic rings. The standard InChI is InChI=1S/C20H20F3NO/c21-20(22,23)18-11-19(15-25-14-17-9-5-2-6-10-17)24(13-18)12-16-7-3-1-4-8-16/h1-11,19H,12-15H2. The summed E-state index contributed by atoms with van der Waals surface area (Å²) in [6, 6.07) is 18.8. The molecule has 25 heavy (non-hydrogen) atoms. The Bertz CT molecular complexity index is 698. The van der Waals surface area contributed by atoms with Crippen molar-refractivity contribution in [1.82, 2.24) is 4.90 Å². The van der Waals surface area contributed by atoms with Gasteiger partial charge < -0.3 is 4.74 Å². The summed E-state index contributed by atoms with van der Waals surface area (Å²) in [5, 5.41) is 0. The van der Waals surface area contributed by atoms with Gasteiger partial charge in [-0.1, -0.05) is 66.7 Å². The lowest BCUT2D eigenvalue weighted by Gasteiger charge is -2.24. The molecule has 1 aliphatic heterocycles. The van der Waals surface area contributed by atoms with Gasteiger partial charge in [-0.2, -0.15) is 13.2 Å². The van der Waals surface area contributed by atoms with E-state index in [1.165, 1.54) is 6.08 Å². The van der Waals surface area contributed by atoms with E-state index in [1.54, 1.807) is 0 Å². The molecule has 2 aromatic carbocycles. The Balaban J connectivity index is 1.64. The summed E-state index contributed by atoms with van der Waals surface area (Å²) in [7, 11) is 0. The summed E-state index contributed by atoms with van der Waals surface area (Å²) in [5.74, 6) is 0. The van der Waals surface area contributed by atoms with Crippen LogP contribution in [-0.2, 0) is 17.9 Å². The number of hydrogen-bond acceptors (Lipinski definition) is 2. The molecular formula is C20H20F3NO. The lowest BCUT2D eigenvalue weighted by Crippen LogP contribution is -2.34. The molecular weight excluding hydrogens is 327 g/mol. The van der Waals surface area contributed by atoms with Gasteiger partial charge in [-0.25, -0.2) is 0 Å². The number of hydrogen-bond donors (Lipinski definition) is 0. The molecule has 0 saturated carbocycles. The van der Waals surface area contributed by atoms with Crippen LogP contribution in [0.1, 0.15) is 11.1 Å². The highest BCUT2D eigenvalue weighted by molar-refractivity contribution is 5.23. The van der Waals surface area contributed by atoms with Crippen molar-refractivity contribution in [3.05, 3.63) is 83.4 Å². The van der Waals surface area contributed by atoms with E-state index in [1.807, 2.05) is 65.6 Å². The average molecular weight is 347 g/mol. The minimum Gasteiger partial charge on any atom is -0.375 e. The van der Waals surface area contributed by atoms with Crippen molar-refractivity contribution in [1.29, 1.82) is 0 Å². The Hall–Kier alpha value is -2.11. The third-order valence-corrected chi connectivity index (χ3v) is 4.23. The first-order valence-electron chi connectivity index (χ1n) is 8.20. The van der Waals surface area contributed by atoms with E-state index in [9.17, 15) is 13.2 Å². The third kappa shape index (κ3) is 4.94.